The van der Waals surface area contributed by atoms with Crippen molar-refractivity contribution in [3.05, 3.63) is 60.2 Å². The molecule has 0 radical (unpaired) electrons. The Kier molecular flexibility index (Phi) is 8.48. The number of benzene rings is 1. The van der Waals surface area contributed by atoms with Gasteiger partial charge in [-0.05, 0) is 113 Å². The molecule has 0 spiro atoms. The molecule has 0 amide bonds. The first kappa shape index (κ1) is 22.8. The molecule has 4 rings (SSSR count). The maximum atomic E-state index is 6.39. The lowest BCUT2D eigenvalue weighted by Gasteiger charge is -2.36. The summed E-state index contributed by atoms with van der Waals surface area (Å²) in [6.07, 6.45) is 23.8. The van der Waals surface area contributed by atoms with E-state index >= 15 is 0 Å². The van der Waals surface area contributed by atoms with E-state index < -0.39 is 0 Å². The van der Waals surface area contributed by atoms with Crippen molar-refractivity contribution < 1.29 is 4.74 Å². The van der Waals surface area contributed by atoms with Crippen LogP contribution in [0.1, 0.15) is 94.1 Å². The van der Waals surface area contributed by atoms with E-state index in [4.69, 9.17) is 4.74 Å². The first-order chi connectivity index (χ1) is 15.2. The average Bonchev–Trinajstić information content (AvgIpc) is 2.83. The van der Waals surface area contributed by atoms with Crippen molar-refractivity contribution in [2.75, 3.05) is 6.61 Å². The summed E-state index contributed by atoms with van der Waals surface area (Å²) in [5.41, 5.74) is 2.86. The fourth-order valence-corrected chi connectivity index (χ4v) is 6.32. The maximum Gasteiger partial charge on any atom is 0.0575 e. The van der Waals surface area contributed by atoms with Gasteiger partial charge in [-0.1, -0.05) is 48.1 Å². The van der Waals surface area contributed by atoms with E-state index in [0.717, 1.165) is 30.3 Å². The summed E-state index contributed by atoms with van der Waals surface area (Å²) in [7, 11) is 0. The molecule has 1 aromatic carbocycles. The topological polar surface area (TPSA) is 9.23 Å². The number of hydrogen-bond donors (Lipinski definition) is 0. The SMILES string of the molecule is C=CCCC1CCC(OCC2CCC(C3C=CC(c4ccc(C)cc4)CC3)CC2)CC1. The maximum absolute atomic E-state index is 6.39. The lowest BCUT2D eigenvalue weighted by Crippen LogP contribution is -2.28. The van der Waals surface area contributed by atoms with Crippen molar-refractivity contribution in [2.45, 2.75) is 96.0 Å². The molecule has 1 aromatic rings. The summed E-state index contributed by atoms with van der Waals surface area (Å²) < 4.78 is 6.39. The minimum absolute atomic E-state index is 0.540. The minimum atomic E-state index is 0.540. The molecule has 0 bridgehead atoms. The third-order valence-corrected chi connectivity index (χ3v) is 8.54. The van der Waals surface area contributed by atoms with E-state index in [0.29, 0.717) is 12.0 Å². The van der Waals surface area contributed by atoms with Gasteiger partial charge in [-0.3, -0.25) is 0 Å². The van der Waals surface area contributed by atoms with Gasteiger partial charge in [0.25, 0.3) is 0 Å². The smallest absolute Gasteiger partial charge is 0.0575 e. The van der Waals surface area contributed by atoms with Crippen LogP contribution in [0.25, 0.3) is 0 Å². The minimum Gasteiger partial charge on any atom is -0.378 e. The highest BCUT2D eigenvalue weighted by molar-refractivity contribution is 5.28. The molecule has 0 saturated heterocycles. The number of ether oxygens (including phenoxy) is 1. The van der Waals surface area contributed by atoms with Crippen molar-refractivity contribution in [2.24, 2.45) is 23.7 Å². The first-order valence-electron chi connectivity index (χ1n) is 13.2. The Balaban J connectivity index is 1.14. The third kappa shape index (κ3) is 6.58. The first-order valence-corrected chi connectivity index (χ1v) is 13.2. The Morgan fingerprint density at radius 2 is 1.55 bits per heavy atom. The van der Waals surface area contributed by atoms with Crippen molar-refractivity contribution in [1.29, 1.82) is 0 Å². The highest BCUT2D eigenvalue weighted by atomic mass is 16.5. The summed E-state index contributed by atoms with van der Waals surface area (Å²) in [4.78, 5) is 0. The molecule has 3 aliphatic carbocycles. The van der Waals surface area contributed by atoms with Crippen LogP contribution < -0.4 is 0 Å². The van der Waals surface area contributed by atoms with Gasteiger partial charge in [-0.25, -0.2) is 0 Å². The van der Waals surface area contributed by atoms with Crippen LogP contribution in [-0.4, -0.2) is 12.7 Å². The molecular weight excluding hydrogens is 376 g/mol. The van der Waals surface area contributed by atoms with Crippen LogP contribution in [0.15, 0.2) is 49.1 Å². The fourth-order valence-electron chi connectivity index (χ4n) is 6.32. The molecular formula is C30H44O. The quantitative estimate of drug-likeness (QED) is 0.384. The van der Waals surface area contributed by atoms with Gasteiger partial charge in [-0.2, -0.15) is 0 Å². The van der Waals surface area contributed by atoms with Crippen LogP contribution in [0.2, 0.25) is 0 Å². The molecule has 2 fully saturated rings. The van der Waals surface area contributed by atoms with Gasteiger partial charge in [0.05, 0.1) is 6.10 Å². The van der Waals surface area contributed by atoms with E-state index in [1.54, 1.807) is 0 Å². The lowest BCUT2D eigenvalue weighted by atomic mass is 9.71. The van der Waals surface area contributed by atoms with Gasteiger partial charge >= 0.3 is 0 Å². The van der Waals surface area contributed by atoms with Gasteiger partial charge in [-0.15, -0.1) is 6.58 Å². The Labute approximate surface area is 191 Å². The van der Waals surface area contributed by atoms with E-state index in [9.17, 15) is 0 Å². The van der Waals surface area contributed by atoms with Crippen molar-refractivity contribution in [1.82, 2.24) is 0 Å². The van der Waals surface area contributed by atoms with Crippen LogP contribution in [0, 0.1) is 30.6 Å². The van der Waals surface area contributed by atoms with Gasteiger partial charge in [0.2, 0.25) is 0 Å². The fraction of sp³-hybridized carbons (Fsp3) is 0.667. The zero-order valence-electron chi connectivity index (χ0n) is 19.8. The molecule has 0 N–H and O–H groups in total. The summed E-state index contributed by atoms with van der Waals surface area (Å²) in [6.45, 7) is 7.06. The number of rotatable bonds is 8. The predicted molar refractivity (Wildman–Crippen MR) is 132 cm³/mol. The molecule has 3 aliphatic rings. The highest BCUT2D eigenvalue weighted by Crippen LogP contribution is 2.41. The van der Waals surface area contributed by atoms with E-state index in [-0.39, 0.29) is 0 Å². The van der Waals surface area contributed by atoms with Crippen LogP contribution >= 0.6 is 0 Å². The molecule has 1 heteroatoms. The van der Waals surface area contributed by atoms with Crippen LogP contribution in [0.3, 0.4) is 0 Å². The number of aryl methyl sites for hydroxylation is 1. The molecule has 1 nitrogen and oxygen atoms in total. The summed E-state index contributed by atoms with van der Waals surface area (Å²) in [5.74, 6) is 4.08. The zero-order valence-corrected chi connectivity index (χ0v) is 19.8. The molecule has 31 heavy (non-hydrogen) atoms. The Bertz CT molecular complexity index is 686. The zero-order chi connectivity index (χ0) is 21.5. The molecule has 170 valence electrons. The second kappa shape index (κ2) is 11.5. The largest absolute Gasteiger partial charge is 0.378 e. The lowest BCUT2D eigenvalue weighted by molar-refractivity contribution is -0.0113. The Hall–Kier alpha value is -1.34. The van der Waals surface area contributed by atoms with Gasteiger partial charge in [0.15, 0.2) is 0 Å². The molecule has 2 saturated carbocycles. The Morgan fingerprint density at radius 1 is 0.839 bits per heavy atom. The summed E-state index contributed by atoms with van der Waals surface area (Å²) in [6, 6.07) is 9.16. The highest BCUT2D eigenvalue weighted by Gasteiger charge is 2.29. The second-order valence-corrected chi connectivity index (χ2v) is 10.8. The van der Waals surface area contributed by atoms with Crippen LogP contribution in [-0.2, 0) is 4.74 Å². The van der Waals surface area contributed by atoms with Gasteiger partial charge in [0.1, 0.15) is 0 Å². The summed E-state index contributed by atoms with van der Waals surface area (Å²) >= 11 is 0. The number of hydrogen-bond acceptors (Lipinski definition) is 1. The van der Waals surface area contributed by atoms with Crippen LogP contribution in [0.5, 0.6) is 0 Å². The van der Waals surface area contributed by atoms with Crippen molar-refractivity contribution >= 4 is 0 Å². The third-order valence-electron chi connectivity index (χ3n) is 8.54. The average molecular weight is 421 g/mol. The number of allylic oxidation sites excluding steroid dienone is 3. The molecule has 2 atom stereocenters. The van der Waals surface area contributed by atoms with Gasteiger partial charge < -0.3 is 4.74 Å². The van der Waals surface area contributed by atoms with E-state index in [2.05, 4.69) is 56.0 Å². The van der Waals surface area contributed by atoms with Crippen LogP contribution in [0.4, 0.5) is 0 Å². The summed E-state index contributed by atoms with van der Waals surface area (Å²) in [5, 5.41) is 0. The van der Waals surface area contributed by atoms with Gasteiger partial charge in [0, 0.05) is 12.5 Å². The van der Waals surface area contributed by atoms with E-state index in [1.165, 1.54) is 88.2 Å². The second-order valence-electron chi connectivity index (χ2n) is 10.8. The molecule has 2 unspecified atom stereocenters. The predicted octanol–water partition coefficient (Wildman–Crippen LogP) is 8.39. The standard InChI is InChI=1S/C30H44O/c1-3-4-5-24-10-20-30(21-11-24)31-22-25-8-14-27(15-9-25)29-18-16-28(17-19-29)26-12-6-23(2)7-13-26/h3,6-7,12-13,16,18,24-25,27-30H,1,4-5,8-11,14-15,17,19-22H2,2H3. The van der Waals surface area contributed by atoms with E-state index in [1.807, 2.05) is 0 Å². The molecule has 0 aliphatic heterocycles. The van der Waals surface area contributed by atoms with Crippen molar-refractivity contribution in [3.63, 3.8) is 0 Å². The molecule has 0 heterocycles. The normalized spacial score (nSPS) is 33.8. The molecule has 0 aromatic heterocycles. The monoisotopic (exact) mass is 420 g/mol. The Morgan fingerprint density at radius 3 is 2.19 bits per heavy atom. The van der Waals surface area contributed by atoms with Crippen molar-refractivity contribution in [3.8, 4) is 0 Å².